The maximum absolute atomic E-state index is 5.01. The SMILES string of the molecule is Cc1ccccc1-c1c(C)ccc2c1c1ccc(-n3c4ccccc4c4ccccc43)cc1n2-c1ccc(-c2nc(-c3ccccc3)nc(-c3ccccc3)n2)cc1. The first-order valence-electron chi connectivity index (χ1n) is 19.7. The average Bonchev–Trinajstić information content (AvgIpc) is 3.80. The van der Waals surface area contributed by atoms with E-state index < -0.39 is 0 Å². The van der Waals surface area contributed by atoms with Crippen LogP contribution in [0.15, 0.2) is 188 Å². The summed E-state index contributed by atoms with van der Waals surface area (Å²) in [5.74, 6) is 1.92. The fourth-order valence-electron chi connectivity index (χ4n) is 8.72. The Morgan fingerprint density at radius 3 is 1.45 bits per heavy atom. The molecule has 8 aromatic carbocycles. The van der Waals surface area contributed by atoms with Crippen LogP contribution in [0.2, 0.25) is 0 Å². The van der Waals surface area contributed by atoms with E-state index in [1.165, 1.54) is 54.8 Å². The number of aromatic nitrogens is 5. The van der Waals surface area contributed by atoms with Gasteiger partial charge in [0.1, 0.15) is 0 Å². The van der Waals surface area contributed by atoms with Gasteiger partial charge in [-0.25, -0.2) is 15.0 Å². The average molecular weight is 744 g/mol. The highest BCUT2D eigenvalue weighted by Gasteiger charge is 2.21. The minimum absolute atomic E-state index is 0.632. The van der Waals surface area contributed by atoms with Gasteiger partial charge in [0.05, 0.1) is 22.1 Å². The number of hydrogen-bond donors (Lipinski definition) is 0. The Kier molecular flexibility index (Phi) is 7.86. The molecule has 0 atom stereocenters. The summed E-state index contributed by atoms with van der Waals surface area (Å²) >= 11 is 0. The first-order valence-corrected chi connectivity index (χ1v) is 19.7. The molecule has 0 radical (unpaired) electrons. The standard InChI is InChI=1S/C53H37N5/c1-34-15-9-10-20-41(34)49-35(2)25-32-47-50(49)44-31-30-40(58-45-23-13-11-21-42(45)43-22-12-14-24-46(43)58)33-48(44)57(47)39-28-26-38(27-29-39)53-55-51(36-16-5-3-6-17-36)54-52(56-53)37-18-7-4-8-19-37/h3-33H,1-2H3. The van der Waals surface area contributed by atoms with Crippen molar-refractivity contribution in [3.8, 4) is 56.7 Å². The Morgan fingerprint density at radius 1 is 0.345 bits per heavy atom. The second-order valence-electron chi connectivity index (χ2n) is 15.0. The van der Waals surface area contributed by atoms with E-state index >= 15 is 0 Å². The summed E-state index contributed by atoms with van der Waals surface area (Å²) < 4.78 is 4.82. The lowest BCUT2D eigenvalue weighted by molar-refractivity contribution is 1.07. The van der Waals surface area contributed by atoms with Gasteiger partial charge in [0.15, 0.2) is 17.5 Å². The molecule has 0 saturated carbocycles. The van der Waals surface area contributed by atoms with Crippen LogP contribution in [0.4, 0.5) is 0 Å². The Balaban J connectivity index is 1.14. The Morgan fingerprint density at radius 2 is 0.845 bits per heavy atom. The minimum Gasteiger partial charge on any atom is -0.309 e. The van der Waals surface area contributed by atoms with Crippen molar-refractivity contribution < 1.29 is 0 Å². The molecule has 0 unspecified atom stereocenters. The highest BCUT2D eigenvalue weighted by atomic mass is 15.0. The van der Waals surface area contributed by atoms with Crippen LogP contribution in [0.25, 0.3) is 100 Å². The Bertz CT molecular complexity index is 3230. The van der Waals surface area contributed by atoms with Gasteiger partial charge in [-0.15, -0.1) is 0 Å². The molecule has 0 N–H and O–H groups in total. The molecule has 0 aliphatic heterocycles. The van der Waals surface area contributed by atoms with Gasteiger partial charge in [0.25, 0.3) is 0 Å². The molecule has 11 rings (SSSR count). The summed E-state index contributed by atoms with van der Waals surface area (Å²) in [6.45, 7) is 4.44. The normalized spacial score (nSPS) is 11.6. The van der Waals surface area contributed by atoms with Gasteiger partial charge >= 0.3 is 0 Å². The monoisotopic (exact) mass is 743 g/mol. The smallest absolute Gasteiger partial charge is 0.164 e. The third-order valence-corrected chi connectivity index (χ3v) is 11.5. The molecule has 0 saturated heterocycles. The van der Waals surface area contributed by atoms with Gasteiger partial charge in [-0.1, -0.05) is 133 Å². The highest BCUT2D eigenvalue weighted by molar-refractivity contribution is 6.17. The van der Waals surface area contributed by atoms with Gasteiger partial charge in [-0.05, 0) is 90.7 Å². The van der Waals surface area contributed by atoms with E-state index in [9.17, 15) is 0 Å². The molecule has 274 valence electrons. The molecule has 3 aromatic heterocycles. The van der Waals surface area contributed by atoms with E-state index in [0.29, 0.717) is 17.5 Å². The molecule has 5 heteroatoms. The van der Waals surface area contributed by atoms with Crippen LogP contribution in [0, 0.1) is 13.8 Å². The zero-order chi connectivity index (χ0) is 38.7. The molecule has 0 spiro atoms. The third kappa shape index (κ3) is 5.43. The van der Waals surface area contributed by atoms with Crippen LogP contribution in [0.5, 0.6) is 0 Å². The molecule has 3 heterocycles. The van der Waals surface area contributed by atoms with Crippen molar-refractivity contribution in [3.05, 3.63) is 199 Å². The molecular weight excluding hydrogens is 707 g/mol. The summed E-state index contributed by atoms with van der Waals surface area (Å²) in [5.41, 5.74) is 14.7. The molecule has 0 bridgehead atoms. The number of nitrogens with zero attached hydrogens (tertiary/aromatic N) is 5. The molecular formula is C53H37N5. The lowest BCUT2D eigenvalue weighted by atomic mass is 9.92. The topological polar surface area (TPSA) is 48.5 Å². The molecule has 58 heavy (non-hydrogen) atoms. The van der Waals surface area contributed by atoms with E-state index in [2.05, 4.69) is 150 Å². The fourth-order valence-corrected chi connectivity index (χ4v) is 8.72. The van der Waals surface area contributed by atoms with Crippen molar-refractivity contribution >= 4 is 43.6 Å². The number of hydrogen-bond acceptors (Lipinski definition) is 3. The number of para-hydroxylation sites is 2. The summed E-state index contributed by atoms with van der Waals surface area (Å²) in [4.78, 5) is 14.9. The van der Waals surface area contributed by atoms with Crippen molar-refractivity contribution in [1.29, 1.82) is 0 Å². The van der Waals surface area contributed by atoms with E-state index in [1.54, 1.807) is 0 Å². The number of rotatable bonds is 6. The van der Waals surface area contributed by atoms with Gasteiger partial charge < -0.3 is 9.13 Å². The maximum Gasteiger partial charge on any atom is 0.164 e. The summed E-state index contributed by atoms with van der Waals surface area (Å²) in [6.07, 6.45) is 0. The molecule has 0 amide bonds. The zero-order valence-electron chi connectivity index (χ0n) is 32.1. The second kappa shape index (κ2) is 13.5. The maximum atomic E-state index is 5.01. The second-order valence-corrected chi connectivity index (χ2v) is 15.0. The van der Waals surface area contributed by atoms with E-state index in [4.69, 9.17) is 15.0 Å². The van der Waals surface area contributed by atoms with Crippen molar-refractivity contribution in [3.63, 3.8) is 0 Å². The first kappa shape index (κ1) is 33.7. The van der Waals surface area contributed by atoms with Crippen LogP contribution < -0.4 is 0 Å². The van der Waals surface area contributed by atoms with Crippen molar-refractivity contribution in [2.75, 3.05) is 0 Å². The molecule has 5 nitrogen and oxygen atoms in total. The van der Waals surface area contributed by atoms with Crippen molar-refractivity contribution in [2.45, 2.75) is 13.8 Å². The molecule has 0 aliphatic rings. The van der Waals surface area contributed by atoms with Crippen molar-refractivity contribution in [1.82, 2.24) is 24.1 Å². The number of benzene rings is 8. The van der Waals surface area contributed by atoms with Crippen LogP contribution in [-0.2, 0) is 0 Å². The van der Waals surface area contributed by atoms with Crippen LogP contribution in [-0.4, -0.2) is 24.1 Å². The Hall–Kier alpha value is -7.63. The van der Waals surface area contributed by atoms with E-state index in [1.807, 2.05) is 60.7 Å². The van der Waals surface area contributed by atoms with Gasteiger partial charge in [-0.2, -0.15) is 0 Å². The molecule has 0 aliphatic carbocycles. The lowest BCUT2D eigenvalue weighted by Gasteiger charge is -2.13. The lowest BCUT2D eigenvalue weighted by Crippen LogP contribution is -2.00. The third-order valence-electron chi connectivity index (χ3n) is 11.5. The van der Waals surface area contributed by atoms with Crippen LogP contribution in [0.1, 0.15) is 11.1 Å². The summed E-state index contributed by atoms with van der Waals surface area (Å²) in [6, 6.07) is 66.6. The number of fused-ring (bicyclic) bond motifs is 6. The fraction of sp³-hybridized carbons (Fsp3) is 0.0377. The van der Waals surface area contributed by atoms with Crippen LogP contribution >= 0.6 is 0 Å². The predicted octanol–water partition coefficient (Wildman–Crippen LogP) is 13.4. The van der Waals surface area contributed by atoms with E-state index in [-0.39, 0.29) is 0 Å². The van der Waals surface area contributed by atoms with Gasteiger partial charge in [0.2, 0.25) is 0 Å². The minimum atomic E-state index is 0.632. The molecule has 11 aromatic rings. The largest absolute Gasteiger partial charge is 0.309 e. The summed E-state index contributed by atoms with van der Waals surface area (Å²) in [5, 5.41) is 4.95. The zero-order valence-corrected chi connectivity index (χ0v) is 32.1. The first-order chi connectivity index (χ1) is 28.6. The molecule has 0 fully saturated rings. The Labute approximate surface area is 336 Å². The van der Waals surface area contributed by atoms with Gasteiger partial charge in [-0.3, -0.25) is 0 Å². The van der Waals surface area contributed by atoms with E-state index in [0.717, 1.165) is 39.1 Å². The predicted molar refractivity (Wildman–Crippen MR) is 240 cm³/mol. The van der Waals surface area contributed by atoms with Gasteiger partial charge in [0, 0.05) is 49.6 Å². The number of aryl methyl sites for hydroxylation is 2. The van der Waals surface area contributed by atoms with Crippen LogP contribution in [0.3, 0.4) is 0 Å². The summed E-state index contributed by atoms with van der Waals surface area (Å²) in [7, 11) is 0. The van der Waals surface area contributed by atoms with Crippen molar-refractivity contribution in [2.24, 2.45) is 0 Å². The quantitative estimate of drug-likeness (QED) is 0.170. The highest BCUT2D eigenvalue weighted by Crippen LogP contribution is 2.43.